The van der Waals surface area contributed by atoms with Gasteiger partial charge in [0.25, 0.3) is 15.9 Å². The summed E-state index contributed by atoms with van der Waals surface area (Å²) in [5.74, 6) is 0.878. The molecule has 38 heavy (non-hydrogen) atoms. The highest BCUT2D eigenvalue weighted by Gasteiger charge is 2.34. The van der Waals surface area contributed by atoms with Gasteiger partial charge in [-0.15, -0.1) is 11.0 Å². The van der Waals surface area contributed by atoms with Gasteiger partial charge in [-0.25, -0.2) is 0 Å². The lowest BCUT2D eigenvalue weighted by molar-refractivity contribution is -0.121. The van der Waals surface area contributed by atoms with Gasteiger partial charge < -0.3 is 9.47 Å². The van der Waals surface area contributed by atoms with E-state index < -0.39 is 10.0 Å². The number of amidine groups is 1. The van der Waals surface area contributed by atoms with E-state index in [0.717, 1.165) is 35.7 Å². The van der Waals surface area contributed by atoms with Gasteiger partial charge in [-0.05, 0) is 61.0 Å². The first-order valence-electron chi connectivity index (χ1n) is 12.8. The van der Waals surface area contributed by atoms with Crippen LogP contribution >= 0.6 is 11.8 Å². The van der Waals surface area contributed by atoms with Crippen molar-refractivity contribution in [2.75, 3.05) is 20.3 Å². The number of benzene rings is 2. The molecule has 0 bridgehead atoms. The highest BCUT2D eigenvalue weighted by Crippen LogP contribution is 2.35. The van der Waals surface area contributed by atoms with E-state index in [9.17, 15) is 13.2 Å². The van der Waals surface area contributed by atoms with Gasteiger partial charge >= 0.3 is 0 Å². The fraction of sp³-hybridized carbons (Fsp3) is 0.379. The first-order valence-corrected chi connectivity index (χ1v) is 15.1. The van der Waals surface area contributed by atoms with Gasteiger partial charge in [0.2, 0.25) is 0 Å². The Morgan fingerprint density at radius 1 is 1.03 bits per heavy atom. The standard InChI is InChI=1S/C29H36N2O5S2/c1-5-7-8-9-10-11-19-36-25-17-14-23(20-26(25)35-4)21-27-28(32)31(18-6-2)29(37-27)30-38(33,34)24-15-12-22(3)13-16-24/h6,12-17,20-21H,2,5,7-11,18-19H2,1,3-4H3/b27-21-,30-29?. The molecule has 0 N–H and O–H groups in total. The minimum absolute atomic E-state index is 0.0703. The maximum absolute atomic E-state index is 13.1. The fourth-order valence-electron chi connectivity index (χ4n) is 3.84. The van der Waals surface area contributed by atoms with E-state index in [1.807, 2.05) is 19.1 Å². The van der Waals surface area contributed by atoms with Crippen LogP contribution in [0.2, 0.25) is 0 Å². The number of rotatable bonds is 14. The smallest absolute Gasteiger partial charge is 0.284 e. The number of sulfonamides is 1. The van der Waals surface area contributed by atoms with E-state index in [1.54, 1.807) is 31.4 Å². The summed E-state index contributed by atoms with van der Waals surface area (Å²) in [7, 11) is -2.42. The summed E-state index contributed by atoms with van der Waals surface area (Å²) in [6, 6.07) is 11.9. The molecule has 1 amide bonds. The van der Waals surface area contributed by atoms with Crippen molar-refractivity contribution in [1.29, 1.82) is 0 Å². The van der Waals surface area contributed by atoms with Crippen LogP contribution in [0.15, 0.2) is 69.3 Å². The van der Waals surface area contributed by atoms with Crippen LogP contribution in [0.25, 0.3) is 6.08 Å². The minimum Gasteiger partial charge on any atom is -0.493 e. The maximum atomic E-state index is 13.1. The molecule has 7 nitrogen and oxygen atoms in total. The average molecular weight is 557 g/mol. The van der Waals surface area contributed by atoms with Crippen molar-refractivity contribution in [2.24, 2.45) is 4.40 Å². The number of thioether (sulfide) groups is 1. The van der Waals surface area contributed by atoms with Crippen LogP contribution in [0.1, 0.15) is 56.6 Å². The zero-order valence-corrected chi connectivity index (χ0v) is 23.9. The zero-order valence-electron chi connectivity index (χ0n) is 22.3. The van der Waals surface area contributed by atoms with Crippen molar-refractivity contribution in [2.45, 2.75) is 57.3 Å². The Labute approximate surface area is 230 Å². The third kappa shape index (κ3) is 7.98. The number of carbonyl (C=O) groups excluding carboxylic acids is 1. The summed E-state index contributed by atoms with van der Waals surface area (Å²) >= 11 is 1.02. The fourth-order valence-corrected chi connectivity index (χ4v) is 6.03. The lowest BCUT2D eigenvalue weighted by atomic mass is 10.1. The van der Waals surface area contributed by atoms with E-state index in [0.29, 0.717) is 23.0 Å². The predicted molar refractivity (Wildman–Crippen MR) is 155 cm³/mol. The van der Waals surface area contributed by atoms with Gasteiger partial charge in [0, 0.05) is 6.54 Å². The molecule has 3 rings (SSSR count). The molecular weight excluding hydrogens is 520 g/mol. The molecule has 0 aromatic heterocycles. The molecule has 0 atom stereocenters. The largest absolute Gasteiger partial charge is 0.493 e. The van der Waals surface area contributed by atoms with Crippen molar-refractivity contribution in [3.05, 3.63) is 71.2 Å². The van der Waals surface area contributed by atoms with Gasteiger partial charge in [0.1, 0.15) is 0 Å². The second kappa shape index (κ2) is 14.2. The number of amides is 1. The van der Waals surface area contributed by atoms with Gasteiger partial charge in [0.15, 0.2) is 16.7 Å². The molecule has 9 heteroatoms. The lowest BCUT2D eigenvalue weighted by Crippen LogP contribution is -2.29. The second-order valence-corrected chi connectivity index (χ2v) is 11.6. The van der Waals surface area contributed by atoms with Crippen molar-refractivity contribution < 1.29 is 22.7 Å². The summed E-state index contributed by atoms with van der Waals surface area (Å²) in [6.07, 6.45) is 10.3. The maximum Gasteiger partial charge on any atom is 0.284 e. The quantitative estimate of drug-likeness (QED) is 0.148. The number of unbranched alkanes of at least 4 members (excludes halogenated alkanes) is 5. The van der Waals surface area contributed by atoms with Crippen LogP contribution in [0.5, 0.6) is 11.5 Å². The number of hydrogen-bond donors (Lipinski definition) is 0. The predicted octanol–water partition coefficient (Wildman–Crippen LogP) is 6.59. The van der Waals surface area contributed by atoms with Crippen LogP contribution in [-0.4, -0.2) is 44.7 Å². The molecule has 0 unspecified atom stereocenters. The van der Waals surface area contributed by atoms with Crippen LogP contribution in [0, 0.1) is 6.92 Å². The van der Waals surface area contributed by atoms with Gasteiger partial charge in [-0.3, -0.25) is 9.69 Å². The molecule has 204 valence electrons. The molecule has 1 fully saturated rings. The third-order valence-electron chi connectivity index (χ3n) is 5.96. The zero-order chi connectivity index (χ0) is 27.5. The molecule has 1 aliphatic heterocycles. The third-order valence-corrected chi connectivity index (χ3v) is 8.36. The van der Waals surface area contributed by atoms with E-state index >= 15 is 0 Å². The number of carbonyl (C=O) groups is 1. The summed E-state index contributed by atoms with van der Waals surface area (Å²) in [5.41, 5.74) is 1.67. The molecule has 2 aromatic carbocycles. The topological polar surface area (TPSA) is 85.3 Å². The summed E-state index contributed by atoms with van der Waals surface area (Å²) in [6.45, 7) is 8.52. The molecule has 0 aliphatic carbocycles. The SMILES string of the molecule is C=CCN1C(=O)/C(=C/c2ccc(OCCCCCCCC)c(OC)c2)SC1=NS(=O)(=O)c1ccc(C)cc1. The molecule has 0 spiro atoms. The second-order valence-electron chi connectivity index (χ2n) is 9.00. The number of ether oxygens (including phenoxy) is 2. The lowest BCUT2D eigenvalue weighted by Gasteiger charge is -2.12. The van der Waals surface area contributed by atoms with Crippen LogP contribution in [-0.2, 0) is 14.8 Å². The van der Waals surface area contributed by atoms with Crippen molar-refractivity contribution in [3.63, 3.8) is 0 Å². The summed E-state index contributed by atoms with van der Waals surface area (Å²) in [4.78, 5) is 14.9. The number of methoxy groups -OCH3 is 1. The Hall–Kier alpha value is -3.04. The monoisotopic (exact) mass is 556 g/mol. The van der Waals surface area contributed by atoms with Gasteiger partial charge in [0.05, 0.1) is 23.5 Å². The van der Waals surface area contributed by atoms with E-state index in [2.05, 4.69) is 17.9 Å². The van der Waals surface area contributed by atoms with Crippen LogP contribution < -0.4 is 9.47 Å². The Bertz CT molecular complexity index is 1280. The molecular formula is C29H36N2O5S2. The van der Waals surface area contributed by atoms with E-state index in [-0.39, 0.29) is 22.5 Å². The van der Waals surface area contributed by atoms with E-state index in [1.165, 1.54) is 48.8 Å². The Kier molecular flexibility index (Phi) is 11.0. The molecule has 2 aromatic rings. The molecule has 0 radical (unpaired) electrons. The molecule has 1 saturated heterocycles. The van der Waals surface area contributed by atoms with Gasteiger partial charge in [-0.1, -0.05) is 68.9 Å². The summed E-state index contributed by atoms with van der Waals surface area (Å²) in [5, 5.41) is 0.0904. The Balaban J connectivity index is 1.76. The minimum atomic E-state index is -3.99. The number of hydrogen-bond acceptors (Lipinski definition) is 6. The average Bonchev–Trinajstić information content (AvgIpc) is 3.17. The first kappa shape index (κ1) is 29.5. The normalized spacial score (nSPS) is 15.9. The van der Waals surface area contributed by atoms with Crippen LogP contribution in [0.3, 0.4) is 0 Å². The number of aryl methyl sites for hydroxylation is 1. The highest BCUT2D eigenvalue weighted by atomic mass is 32.2. The molecule has 1 heterocycles. The van der Waals surface area contributed by atoms with Crippen molar-refractivity contribution >= 4 is 38.9 Å². The summed E-state index contributed by atoms with van der Waals surface area (Å²) < 4.78 is 41.2. The van der Waals surface area contributed by atoms with Crippen LogP contribution in [0.4, 0.5) is 0 Å². The molecule has 1 aliphatic rings. The first-order chi connectivity index (χ1) is 18.3. The van der Waals surface area contributed by atoms with Gasteiger partial charge in [-0.2, -0.15) is 8.42 Å². The Morgan fingerprint density at radius 3 is 2.42 bits per heavy atom. The van der Waals surface area contributed by atoms with E-state index in [4.69, 9.17) is 9.47 Å². The number of nitrogens with zero attached hydrogens (tertiary/aromatic N) is 2. The van der Waals surface area contributed by atoms with Crippen molar-refractivity contribution in [3.8, 4) is 11.5 Å². The molecule has 0 saturated carbocycles. The highest BCUT2D eigenvalue weighted by molar-refractivity contribution is 8.19. The van der Waals surface area contributed by atoms with Crippen molar-refractivity contribution in [1.82, 2.24) is 4.90 Å². The Morgan fingerprint density at radius 2 is 1.74 bits per heavy atom.